The summed E-state index contributed by atoms with van der Waals surface area (Å²) in [4.78, 5) is 41.7. The average Bonchev–Trinajstić information content (AvgIpc) is 3.75. The Morgan fingerprint density at radius 3 is 2.45 bits per heavy atom. The second-order valence-electron chi connectivity index (χ2n) is 11.8. The molecular weight excluding hydrogens is 508 g/mol. The lowest BCUT2D eigenvalue weighted by Crippen LogP contribution is -2.68. The van der Waals surface area contributed by atoms with Crippen LogP contribution in [0.3, 0.4) is 0 Å². The lowest BCUT2D eigenvalue weighted by molar-refractivity contribution is -0.189. The van der Waals surface area contributed by atoms with Crippen molar-refractivity contribution >= 4 is 18.0 Å². The van der Waals surface area contributed by atoms with Crippen molar-refractivity contribution in [3.8, 4) is 5.75 Å². The summed E-state index contributed by atoms with van der Waals surface area (Å²) in [5.74, 6) is 0.496. The highest BCUT2D eigenvalue weighted by molar-refractivity contribution is 5.70. The molecule has 2 saturated carbocycles. The van der Waals surface area contributed by atoms with Gasteiger partial charge in [-0.3, -0.25) is 14.5 Å². The van der Waals surface area contributed by atoms with E-state index in [4.69, 9.17) is 14.2 Å². The summed E-state index contributed by atoms with van der Waals surface area (Å²) in [6, 6.07) is 17.1. The van der Waals surface area contributed by atoms with Gasteiger partial charge in [-0.15, -0.1) is 0 Å². The second-order valence-corrected chi connectivity index (χ2v) is 11.8. The average molecular weight is 549 g/mol. The van der Waals surface area contributed by atoms with Crippen LogP contribution in [0.2, 0.25) is 0 Å². The first-order chi connectivity index (χ1) is 19.2. The number of carbonyl (C=O) groups excluding carboxylic acids is 3. The van der Waals surface area contributed by atoms with E-state index in [9.17, 15) is 14.4 Å². The van der Waals surface area contributed by atoms with Crippen LogP contribution in [0, 0.1) is 5.92 Å². The largest absolute Gasteiger partial charge is 0.457 e. The van der Waals surface area contributed by atoms with E-state index in [1.165, 1.54) is 26.7 Å². The number of amides is 1. The molecular formula is C32H40N2O6. The van der Waals surface area contributed by atoms with Crippen molar-refractivity contribution in [2.24, 2.45) is 5.92 Å². The van der Waals surface area contributed by atoms with Crippen molar-refractivity contribution in [1.82, 2.24) is 9.80 Å². The molecule has 214 valence electrons. The number of carbonyl (C=O) groups is 3. The van der Waals surface area contributed by atoms with Gasteiger partial charge < -0.3 is 19.1 Å². The summed E-state index contributed by atoms with van der Waals surface area (Å²) in [5.41, 5.74) is 0.579. The normalized spacial score (nSPS) is 26.3. The molecule has 8 heteroatoms. The lowest BCUT2D eigenvalue weighted by atomic mass is 9.55. The molecule has 3 unspecified atom stereocenters. The predicted molar refractivity (Wildman–Crippen MR) is 150 cm³/mol. The number of benzene rings is 2. The van der Waals surface area contributed by atoms with Crippen LogP contribution in [0.25, 0.3) is 0 Å². The molecule has 2 aromatic rings. The number of piperidine rings is 1. The molecule has 0 aromatic heterocycles. The third-order valence-electron chi connectivity index (χ3n) is 8.91. The zero-order valence-electron chi connectivity index (χ0n) is 23.8. The van der Waals surface area contributed by atoms with Crippen LogP contribution >= 0.6 is 0 Å². The van der Waals surface area contributed by atoms with Crippen LogP contribution < -0.4 is 4.74 Å². The topological polar surface area (TPSA) is 85.4 Å². The molecule has 2 aliphatic carbocycles. The molecule has 5 rings (SSSR count). The van der Waals surface area contributed by atoms with Gasteiger partial charge in [0.05, 0.1) is 0 Å². The Hall–Kier alpha value is -3.39. The zero-order chi connectivity index (χ0) is 28.3. The highest BCUT2D eigenvalue weighted by atomic mass is 16.6. The molecule has 0 bridgehead atoms. The fourth-order valence-electron chi connectivity index (χ4n) is 6.81. The molecule has 0 N–H and O–H groups in total. The summed E-state index contributed by atoms with van der Waals surface area (Å²) in [6.45, 7) is 5.61. The first kappa shape index (κ1) is 28.1. The number of ether oxygens (including phenoxy) is 3. The smallest absolute Gasteiger partial charge is 0.410 e. The minimum atomic E-state index is -0.758. The van der Waals surface area contributed by atoms with Crippen molar-refractivity contribution in [3.05, 3.63) is 65.7 Å². The Kier molecular flexibility index (Phi) is 8.17. The second kappa shape index (κ2) is 11.6. The van der Waals surface area contributed by atoms with Gasteiger partial charge in [0.2, 0.25) is 0 Å². The molecule has 3 aliphatic rings. The van der Waals surface area contributed by atoms with Gasteiger partial charge in [-0.2, -0.15) is 0 Å². The molecule has 1 amide bonds. The Labute approximate surface area is 236 Å². The molecule has 1 aliphatic heterocycles. The minimum absolute atomic E-state index is 0.112. The molecule has 1 heterocycles. The number of rotatable bonds is 8. The number of hydrogen-bond donors (Lipinski definition) is 0. The van der Waals surface area contributed by atoms with Crippen molar-refractivity contribution in [1.29, 1.82) is 0 Å². The molecule has 3 atom stereocenters. The number of likely N-dealkylation sites (tertiary alicyclic amines) is 1. The molecule has 3 fully saturated rings. The van der Waals surface area contributed by atoms with Crippen molar-refractivity contribution in [2.75, 3.05) is 26.7 Å². The van der Waals surface area contributed by atoms with Crippen LogP contribution in [-0.4, -0.2) is 66.2 Å². The Morgan fingerprint density at radius 1 is 0.975 bits per heavy atom. The fourth-order valence-corrected chi connectivity index (χ4v) is 6.81. The van der Waals surface area contributed by atoms with Gasteiger partial charge >= 0.3 is 18.0 Å². The third kappa shape index (κ3) is 6.02. The van der Waals surface area contributed by atoms with E-state index in [0.29, 0.717) is 31.6 Å². The van der Waals surface area contributed by atoms with E-state index in [1.54, 1.807) is 18.0 Å². The van der Waals surface area contributed by atoms with Gasteiger partial charge in [0.25, 0.3) is 0 Å². The maximum absolute atomic E-state index is 13.2. The first-order valence-electron chi connectivity index (χ1n) is 14.3. The monoisotopic (exact) mass is 548 g/mol. The van der Waals surface area contributed by atoms with Gasteiger partial charge in [-0.05, 0) is 74.2 Å². The lowest BCUT2D eigenvalue weighted by Gasteiger charge is -2.60. The number of fused-ring (bicyclic) bond motifs is 1. The molecule has 2 aromatic carbocycles. The van der Waals surface area contributed by atoms with Gasteiger partial charge in [0, 0.05) is 45.4 Å². The highest BCUT2D eigenvalue weighted by Crippen LogP contribution is 2.55. The van der Waals surface area contributed by atoms with Crippen LogP contribution in [0.5, 0.6) is 5.75 Å². The molecule has 1 saturated heterocycles. The summed E-state index contributed by atoms with van der Waals surface area (Å²) in [6.07, 6.45) is 4.82. The Bertz CT molecular complexity index is 1230. The summed E-state index contributed by atoms with van der Waals surface area (Å²) >= 11 is 0. The minimum Gasteiger partial charge on any atom is -0.457 e. The maximum atomic E-state index is 13.2. The van der Waals surface area contributed by atoms with Gasteiger partial charge in [-0.1, -0.05) is 42.5 Å². The van der Waals surface area contributed by atoms with E-state index in [-0.39, 0.29) is 30.7 Å². The Morgan fingerprint density at radius 2 is 1.75 bits per heavy atom. The van der Waals surface area contributed by atoms with E-state index in [0.717, 1.165) is 36.6 Å². The number of hydrogen-bond acceptors (Lipinski definition) is 7. The maximum Gasteiger partial charge on any atom is 0.410 e. The van der Waals surface area contributed by atoms with E-state index < -0.39 is 11.0 Å². The summed E-state index contributed by atoms with van der Waals surface area (Å²) < 4.78 is 17.5. The van der Waals surface area contributed by atoms with Gasteiger partial charge in [0.1, 0.15) is 18.0 Å². The molecule has 0 spiro atoms. The predicted octanol–water partition coefficient (Wildman–Crippen LogP) is 5.09. The molecule has 8 nitrogen and oxygen atoms in total. The highest BCUT2D eigenvalue weighted by Gasteiger charge is 2.61. The number of esters is 2. The van der Waals surface area contributed by atoms with Crippen molar-refractivity contribution in [3.63, 3.8) is 0 Å². The standard InChI is InChI=1S/C32H40N2O6/c1-23(35)39-29-11-7-10-27(18-29)31-16-17-34(20-25-12-13-25)22-32(31,40-24(2)36)15-14-28(19-31)33(3)30(37)38-21-26-8-5-4-6-9-26/h4-11,18,25,28H,12-17,19-22H2,1-3H3. The molecule has 0 radical (unpaired) electrons. The molecule has 40 heavy (non-hydrogen) atoms. The quantitative estimate of drug-likeness (QED) is 0.336. The zero-order valence-corrected chi connectivity index (χ0v) is 23.8. The van der Waals surface area contributed by atoms with Crippen LogP contribution in [-0.2, 0) is 31.1 Å². The SMILES string of the molecule is CC(=O)Oc1cccc(C23CCN(CC4CC4)CC2(OC(C)=O)CCC(N(C)C(=O)OCc2ccccc2)C3)c1. The van der Waals surface area contributed by atoms with E-state index >= 15 is 0 Å². The van der Waals surface area contributed by atoms with E-state index in [1.807, 2.05) is 48.5 Å². The third-order valence-corrected chi connectivity index (χ3v) is 8.91. The van der Waals surface area contributed by atoms with E-state index in [2.05, 4.69) is 4.90 Å². The van der Waals surface area contributed by atoms with Gasteiger partial charge in [0.15, 0.2) is 0 Å². The van der Waals surface area contributed by atoms with Crippen LogP contribution in [0.15, 0.2) is 54.6 Å². The first-order valence-corrected chi connectivity index (χ1v) is 14.3. The van der Waals surface area contributed by atoms with Crippen LogP contribution in [0.1, 0.15) is 63.5 Å². The van der Waals surface area contributed by atoms with Gasteiger partial charge in [-0.25, -0.2) is 4.79 Å². The summed E-state index contributed by atoms with van der Waals surface area (Å²) in [7, 11) is 1.79. The van der Waals surface area contributed by atoms with Crippen LogP contribution in [0.4, 0.5) is 4.79 Å². The summed E-state index contributed by atoms with van der Waals surface area (Å²) in [5, 5.41) is 0. The Balaban J connectivity index is 1.46. The van der Waals surface area contributed by atoms with Crippen molar-refractivity contribution < 1.29 is 28.6 Å². The fraction of sp³-hybridized carbons (Fsp3) is 0.531. The number of nitrogens with zero attached hydrogens (tertiary/aromatic N) is 2. The van der Waals surface area contributed by atoms with Crippen molar-refractivity contribution in [2.45, 2.75) is 76.0 Å².